The first-order valence-corrected chi connectivity index (χ1v) is 4.97. The predicted octanol–water partition coefficient (Wildman–Crippen LogP) is 0.592. The number of nitrogen functional groups attached to an aromatic ring is 1. The molecule has 0 amide bonds. The molecule has 2 aromatic heterocycles. The van der Waals surface area contributed by atoms with E-state index in [1.807, 2.05) is 13.8 Å². The van der Waals surface area contributed by atoms with Crippen LogP contribution in [0.3, 0.4) is 0 Å². The third kappa shape index (κ3) is 1.69. The summed E-state index contributed by atoms with van der Waals surface area (Å²) in [5, 5.41) is 3.96. The highest BCUT2D eigenvalue weighted by Gasteiger charge is 2.09. The molecule has 6 heteroatoms. The molecule has 0 aliphatic carbocycles. The van der Waals surface area contributed by atoms with E-state index in [0.29, 0.717) is 5.69 Å². The molecular weight excluding hydrogens is 206 g/mol. The standard InChI is InChI=1S/C10H13N5O/c1-7(2)14-4-3-12-9(10(14)16)15-6-8(11)5-13-15/h3-7H,11H2,1-2H3. The Morgan fingerprint density at radius 3 is 2.75 bits per heavy atom. The Hall–Kier alpha value is -2.11. The summed E-state index contributed by atoms with van der Waals surface area (Å²) < 4.78 is 2.98. The fraction of sp³-hybridized carbons (Fsp3) is 0.300. The molecule has 6 nitrogen and oxygen atoms in total. The normalized spacial score (nSPS) is 10.9. The molecule has 0 aromatic carbocycles. The van der Waals surface area contributed by atoms with Crippen LogP contribution in [0.4, 0.5) is 5.69 Å². The largest absolute Gasteiger partial charge is 0.396 e. The van der Waals surface area contributed by atoms with Gasteiger partial charge in [0.2, 0.25) is 5.82 Å². The number of nitrogens with zero attached hydrogens (tertiary/aromatic N) is 4. The van der Waals surface area contributed by atoms with Gasteiger partial charge < -0.3 is 10.3 Å². The van der Waals surface area contributed by atoms with Crippen LogP contribution in [0.1, 0.15) is 19.9 Å². The van der Waals surface area contributed by atoms with Gasteiger partial charge in [-0.15, -0.1) is 0 Å². The van der Waals surface area contributed by atoms with Gasteiger partial charge in [0, 0.05) is 18.4 Å². The van der Waals surface area contributed by atoms with Crippen LogP contribution in [0, 0.1) is 0 Å². The predicted molar refractivity (Wildman–Crippen MR) is 60.4 cm³/mol. The molecule has 84 valence electrons. The second-order valence-electron chi connectivity index (χ2n) is 3.78. The number of hydrogen-bond donors (Lipinski definition) is 1. The molecule has 0 unspecified atom stereocenters. The van der Waals surface area contributed by atoms with Crippen molar-refractivity contribution in [1.82, 2.24) is 19.3 Å². The van der Waals surface area contributed by atoms with Gasteiger partial charge in [0.1, 0.15) is 0 Å². The summed E-state index contributed by atoms with van der Waals surface area (Å²) in [5.41, 5.74) is 5.86. The third-order valence-electron chi connectivity index (χ3n) is 2.23. The van der Waals surface area contributed by atoms with E-state index in [-0.39, 0.29) is 17.4 Å². The minimum Gasteiger partial charge on any atom is -0.396 e. The number of aromatic nitrogens is 4. The minimum atomic E-state index is -0.180. The fourth-order valence-electron chi connectivity index (χ4n) is 1.43. The van der Waals surface area contributed by atoms with Gasteiger partial charge in [-0.25, -0.2) is 9.67 Å². The molecular formula is C10H13N5O. The van der Waals surface area contributed by atoms with Crippen LogP contribution < -0.4 is 11.3 Å². The van der Waals surface area contributed by atoms with Crippen molar-refractivity contribution in [2.45, 2.75) is 19.9 Å². The van der Waals surface area contributed by atoms with Crippen LogP contribution >= 0.6 is 0 Å². The highest BCUT2D eigenvalue weighted by Crippen LogP contribution is 2.04. The molecule has 0 fully saturated rings. The van der Waals surface area contributed by atoms with E-state index in [9.17, 15) is 4.79 Å². The highest BCUT2D eigenvalue weighted by molar-refractivity contribution is 5.34. The lowest BCUT2D eigenvalue weighted by Crippen LogP contribution is -2.26. The van der Waals surface area contributed by atoms with Crippen molar-refractivity contribution in [2.75, 3.05) is 5.73 Å². The lowest BCUT2D eigenvalue weighted by molar-refractivity contribution is 0.567. The van der Waals surface area contributed by atoms with Gasteiger partial charge in [-0.2, -0.15) is 5.10 Å². The molecule has 0 bridgehead atoms. The maximum atomic E-state index is 12.0. The molecule has 0 saturated heterocycles. The van der Waals surface area contributed by atoms with Gasteiger partial charge in [-0.05, 0) is 13.8 Å². The van der Waals surface area contributed by atoms with E-state index in [1.165, 1.54) is 10.9 Å². The first kappa shape index (κ1) is 10.4. The van der Waals surface area contributed by atoms with E-state index >= 15 is 0 Å². The van der Waals surface area contributed by atoms with Crippen LogP contribution in [0.5, 0.6) is 0 Å². The zero-order valence-corrected chi connectivity index (χ0v) is 9.16. The molecule has 16 heavy (non-hydrogen) atoms. The number of rotatable bonds is 2. The van der Waals surface area contributed by atoms with Crippen LogP contribution in [0.15, 0.2) is 29.6 Å². The van der Waals surface area contributed by atoms with Gasteiger partial charge in [0.15, 0.2) is 0 Å². The van der Waals surface area contributed by atoms with Gasteiger partial charge in [0.05, 0.1) is 18.1 Å². The van der Waals surface area contributed by atoms with Crippen LogP contribution in [0.2, 0.25) is 0 Å². The zero-order valence-electron chi connectivity index (χ0n) is 9.16. The van der Waals surface area contributed by atoms with Gasteiger partial charge in [0.25, 0.3) is 5.56 Å². The van der Waals surface area contributed by atoms with E-state index in [4.69, 9.17) is 5.73 Å². The van der Waals surface area contributed by atoms with Crippen molar-refractivity contribution in [3.63, 3.8) is 0 Å². The summed E-state index contributed by atoms with van der Waals surface area (Å²) in [6, 6.07) is 0.0853. The third-order valence-corrected chi connectivity index (χ3v) is 2.23. The van der Waals surface area contributed by atoms with Gasteiger partial charge in [-0.3, -0.25) is 4.79 Å². The average Bonchev–Trinajstić information content (AvgIpc) is 2.64. The van der Waals surface area contributed by atoms with Crippen molar-refractivity contribution in [3.05, 3.63) is 35.1 Å². The van der Waals surface area contributed by atoms with Crippen molar-refractivity contribution < 1.29 is 0 Å². The molecule has 2 rings (SSSR count). The van der Waals surface area contributed by atoms with Gasteiger partial charge >= 0.3 is 0 Å². The molecule has 2 aromatic rings. The second-order valence-corrected chi connectivity index (χ2v) is 3.78. The molecule has 0 atom stereocenters. The smallest absolute Gasteiger partial charge is 0.295 e. The van der Waals surface area contributed by atoms with E-state index in [1.54, 1.807) is 23.2 Å². The summed E-state index contributed by atoms with van der Waals surface area (Å²) in [4.78, 5) is 16.0. The molecule has 2 heterocycles. The Kier molecular flexibility index (Phi) is 2.47. The van der Waals surface area contributed by atoms with Crippen molar-refractivity contribution >= 4 is 5.69 Å². The van der Waals surface area contributed by atoms with Crippen molar-refractivity contribution in [2.24, 2.45) is 0 Å². The monoisotopic (exact) mass is 219 g/mol. The maximum Gasteiger partial charge on any atom is 0.295 e. The first-order chi connectivity index (χ1) is 7.59. The molecule has 0 saturated carbocycles. The Labute approximate surface area is 92.3 Å². The molecule has 0 aliphatic heterocycles. The average molecular weight is 219 g/mol. The highest BCUT2D eigenvalue weighted by atomic mass is 16.1. The summed E-state index contributed by atoms with van der Waals surface area (Å²) in [7, 11) is 0. The topological polar surface area (TPSA) is 78.7 Å². The zero-order chi connectivity index (χ0) is 11.7. The molecule has 2 N–H and O–H groups in total. The first-order valence-electron chi connectivity index (χ1n) is 4.97. The Morgan fingerprint density at radius 1 is 1.44 bits per heavy atom. The molecule has 0 aliphatic rings. The van der Waals surface area contributed by atoms with Crippen molar-refractivity contribution in [3.8, 4) is 5.82 Å². The summed E-state index contributed by atoms with van der Waals surface area (Å²) in [5.74, 6) is 0.257. The number of anilines is 1. The second kappa shape index (κ2) is 3.80. The summed E-state index contributed by atoms with van der Waals surface area (Å²) in [6.07, 6.45) is 6.28. The molecule has 0 radical (unpaired) electrons. The quantitative estimate of drug-likeness (QED) is 0.801. The minimum absolute atomic E-state index is 0.0853. The molecule has 0 spiro atoms. The Balaban J connectivity index is 2.59. The van der Waals surface area contributed by atoms with E-state index < -0.39 is 0 Å². The van der Waals surface area contributed by atoms with Crippen LogP contribution in [0.25, 0.3) is 5.82 Å². The van der Waals surface area contributed by atoms with Crippen LogP contribution in [-0.2, 0) is 0 Å². The number of hydrogen-bond acceptors (Lipinski definition) is 4. The van der Waals surface area contributed by atoms with E-state index in [0.717, 1.165) is 0 Å². The fourth-order valence-corrected chi connectivity index (χ4v) is 1.43. The Bertz CT molecular complexity index is 554. The lowest BCUT2D eigenvalue weighted by Gasteiger charge is -2.10. The van der Waals surface area contributed by atoms with Crippen molar-refractivity contribution in [1.29, 1.82) is 0 Å². The number of nitrogens with two attached hydrogens (primary N) is 1. The van der Waals surface area contributed by atoms with E-state index in [2.05, 4.69) is 10.1 Å². The lowest BCUT2D eigenvalue weighted by atomic mass is 10.4. The SMILES string of the molecule is CC(C)n1ccnc(-n2cc(N)cn2)c1=O. The summed E-state index contributed by atoms with van der Waals surface area (Å²) in [6.45, 7) is 3.87. The van der Waals surface area contributed by atoms with Gasteiger partial charge in [-0.1, -0.05) is 0 Å². The maximum absolute atomic E-state index is 12.0. The van der Waals surface area contributed by atoms with Crippen LogP contribution in [-0.4, -0.2) is 19.3 Å². The summed E-state index contributed by atoms with van der Waals surface area (Å²) >= 11 is 0. The Morgan fingerprint density at radius 2 is 2.19 bits per heavy atom.